The molecule has 1 aliphatic heterocycles. The van der Waals surface area contributed by atoms with Gasteiger partial charge in [0.1, 0.15) is 11.5 Å². The summed E-state index contributed by atoms with van der Waals surface area (Å²) in [6, 6.07) is 3.81. The third-order valence-corrected chi connectivity index (χ3v) is 3.83. The largest absolute Gasteiger partial charge is 0.464 e. The van der Waals surface area contributed by atoms with E-state index < -0.39 is 0 Å². The lowest BCUT2D eigenvalue weighted by Crippen LogP contribution is -2.43. The summed E-state index contributed by atoms with van der Waals surface area (Å²) in [5, 5.41) is 9.21. The van der Waals surface area contributed by atoms with Crippen molar-refractivity contribution >= 4 is 5.91 Å². The summed E-state index contributed by atoms with van der Waals surface area (Å²) in [6.45, 7) is 4.79. The monoisotopic (exact) mass is 280 g/mol. The van der Waals surface area contributed by atoms with Gasteiger partial charge in [0, 0.05) is 20.2 Å². The van der Waals surface area contributed by atoms with E-state index in [2.05, 4.69) is 4.90 Å². The average Bonchev–Trinajstić information content (AvgIpc) is 2.84. The molecule has 0 radical (unpaired) electrons. The summed E-state index contributed by atoms with van der Waals surface area (Å²) >= 11 is 0. The second-order valence-electron chi connectivity index (χ2n) is 5.69. The van der Waals surface area contributed by atoms with E-state index in [1.807, 2.05) is 19.1 Å². The van der Waals surface area contributed by atoms with Gasteiger partial charge < -0.3 is 14.4 Å². The normalized spacial score (nSPS) is 20.1. The van der Waals surface area contributed by atoms with Crippen molar-refractivity contribution in [1.82, 2.24) is 9.80 Å². The summed E-state index contributed by atoms with van der Waals surface area (Å²) in [5.41, 5.74) is 0. The number of carbonyl (C=O) groups excluding carboxylic acids is 1. The minimum atomic E-state index is 0.0950. The maximum Gasteiger partial charge on any atom is 0.236 e. The Morgan fingerprint density at radius 3 is 3.00 bits per heavy atom. The summed E-state index contributed by atoms with van der Waals surface area (Å²) in [4.78, 5) is 16.0. The molecule has 1 unspecified atom stereocenters. The van der Waals surface area contributed by atoms with E-state index in [1.165, 1.54) is 0 Å². The molecule has 1 atom stereocenters. The molecule has 1 fully saturated rings. The molecular weight excluding hydrogens is 256 g/mol. The molecule has 5 heteroatoms. The number of aliphatic hydroxyl groups is 1. The van der Waals surface area contributed by atoms with Crippen molar-refractivity contribution in [2.75, 3.05) is 33.3 Å². The second kappa shape index (κ2) is 6.90. The van der Waals surface area contributed by atoms with Crippen LogP contribution in [0.2, 0.25) is 0 Å². The van der Waals surface area contributed by atoms with Crippen molar-refractivity contribution in [3.8, 4) is 0 Å². The molecule has 1 N–H and O–H groups in total. The van der Waals surface area contributed by atoms with E-state index in [1.54, 1.807) is 11.9 Å². The molecule has 1 aliphatic rings. The van der Waals surface area contributed by atoms with Crippen molar-refractivity contribution in [2.45, 2.75) is 26.3 Å². The summed E-state index contributed by atoms with van der Waals surface area (Å²) < 4.78 is 5.49. The first kappa shape index (κ1) is 15.1. The number of hydrogen-bond acceptors (Lipinski definition) is 4. The van der Waals surface area contributed by atoms with Crippen LogP contribution in [0.15, 0.2) is 16.5 Å². The van der Waals surface area contributed by atoms with Crippen LogP contribution in [0.25, 0.3) is 0 Å². The Morgan fingerprint density at radius 2 is 2.35 bits per heavy atom. The average molecular weight is 280 g/mol. The minimum absolute atomic E-state index is 0.0950. The zero-order chi connectivity index (χ0) is 14.5. The third kappa shape index (κ3) is 4.08. The Kier molecular flexibility index (Phi) is 5.20. The number of aryl methyl sites for hydroxylation is 1. The van der Waals surface area contributed by atoms with Crippen molar-refractivity contribution < 1.29 is 14.3 Å². The topological polar surface area (TPSA) is 56.9 Å². The molecule has 1 amide bonds. The van der Waals surface area contributed by atoms with Crippen LogP contribution in [0.4, 0.5) is 0 Å². The summed E-state index contributed by atoms with van der Waals surface area (Å²) in [6.07, 6.45) is 2.11. The van der Waals surface area contributed by atoms with Gasteiger partial charge in [-0.2, -0.15) is 0 Å². The molecule has 2 rings (SSSR count). The molecule has 5 nitrogen and oxygen atoms in total. The lowest BCUT2D eigenvalue weighted by atomic mass is 9.99. The van der Waals surface area contributed by atoms with Crippen LogP contribution in [0, 0.1) is 12.8 Å². The van der Waals surface area contributed by atoms with Gasteiger partial charge in [0.2, 0.25) is 5.91 Å². The number of rotatable bonds is 5. The van der Waals surface area contributed by atoms with Gasteiger partial charge in [-0.1, -0.05) is 0 Å². The van der Waals surface area contributed by atoms with Crippen molar-refractivity contribution in [3.05, 3.63) is 23.7 Å². The Morgan fingerprint density at radius 1 is 1.55 bits per heavy atom. The first-order chi connectivity index (χ1) is 9.58. The highest BCUT2D eigenvalue weighted by atomic mass is 16.3. The minimum Gasteiger partial charge on any atom is -0.464 e. The number of amides is 1. The fourth-order valence-electron chi connectivity index (χ4n) is 2.65. The number of likely N-dealkylation sites (tertiary alicyclic amines) is 1. The molecule has 0 aromatic carbocycles. The van der Waals surface area contributed by atoms with Crippen LogP contribution in [-0.4, -0.2) is 54.1 Å². The quantitative estimate of drug-likeness (QED) is 0.882. The standard InChI is InChI=1S/C15H24N2O3/c1-12-5-6-14(20-12)9-16(2)15(19)10-17-7-3-4-13(8-17)11-18/h5-6,13,18H,3-4,7-11H2,1-2H3. The highest BCUT2D eigenvalue weighted by molar-refractivity contribution is 5.77. The van der Waals surface area contributed by atoms with Gasteiger partial charge >= 0.3 is 0 Å². The van der Waals surface area contributed by atoms with Crippen LogP contribution < -0.4 is 0 Å². The Balaban J connectivity index is 1.81. The first-order valence-electron chi connectivity index (χ1n) is 7.21. The smallest absolute Gasteiger partial charge is 0.236 e. The molecule has 2 heterocycles. The lowest BCUT2D eigenvalue weighted by Gasteiger charge is -2.32. The summed E-state index contributed by atoms with van der Waals surface area (Å²) in [7, 11) is 1.80. The molecule has 1 aromatic heterocycles. The van der Waals surface area contributed by atoms with E-state index in [0.717, 1.165) is 37.5 Å². The highest BCUT2D eigenvalue weighted by Crippen LogP contribution is 2.16. The molecular formula is C15H24N2O3. The van der Waals surface area contributed by atoms with Gasteiger partial charge in [0.15, 0.2) is 0 Å². The highest BCUT2D eigenvalue weighted by Gasteiger charge is 2.22. The van der Waals surface area contributed by atoms with Crippen molar-refractivity contribution in [3.63, 3.8) is 0 Å². The van der Waals surface area contributed by atoms with Gasteiger partial charge in [-0.15, -0.1) is 0 Å². The molecule has 112 valence electrons. The number of aliphatic hydroxyl groups excluding tert-OH is 1. The first-order valence-corrected chi connectivity index (χ1v) is 7.21. The SMILES string of the molecule is Cc1ccc(CN(C)C(=O)CN2CCCC(CO)C2)o1. The van der Waals surface area contributed by atoms with E-state index in [4.69, 9.17) is 4.42 Å². The third-order valence-electron chi connectivity index (χ3n) is 3.83. The second-order valence-corrected chi connectivity index (χ2v) is 5.69. The molecule has 0 spiro atoms. The number of furan rings is 1. The van der Waals surface area contributed by atoms with Crippen LogP contribution >= 0.6 is 0 Å². The maximum atomic E-state index is 12.2. The van der Waals surface area contributed by atoms with Crippen molar-refractivity contribution in [1.29, 1.82) is 0 Å². The molecule has 0 bridgehead atoms. The van der Waals surface area contributed by atoms with E-state index in [0.29, 0.717) is 19.0 Å². The number of carbonyl (C=O) groups is 1. The summed E-state index contributed by atoms with van der Waals surface area (Å²) in [5.74, 6) is 2.08. The van der Waals surface area contributed by atoms with Crippen LogP contribution in [0.1, 0.15) is 24.4 Å². The zero-order valence-electron chi connectivity index (χ0n) is 12.3. The van der Waals surface area contributed by atoms with Gasteiger partial charge in [-0.05, 0) is 44.4 Å². The maximum absolute atomic E-state index is 12.2. The fourth-order valence-corrected chi connectivity index (χ4v) is 2.65. The van der Waals surface area contributed by atoms with E-state index in [-0.39, 0.29) is 12.5 Å². The van der Waals surface area contributed by atoms with Crippen LogP contribution in [0.3, 0.4) is 0 Å². The number of likely N-dealkylation sites (N-methyl/N-ethyl adjacent to an activating group) is 1. The number of nitrogens with zero attached hydrogens (tertiary/aromatic N) is 2. The van der Waals surface area contributed by atoms with E-state index in [9.17, 15) is 9.90 Å². The van der Waals surface area contributed by atoms with Gasteiger partial charge in [-0.25, -0.2) is 0 Å². The lowest BCUT2D eigenvalue weighted by molar-refractivity contribution is -0.132. The Hall–Kier alpha value is -1.33. The molecule has 0 aliphatic carbocycles. The predicted octanol–water partition coefficient (Wildman–Crippen LogP) is 1.25. The van der Waals surface area contributed by atoms with Gasteiger partial charge in [0.25, 0.3) is 0 Å². The molecule has 20 heavy (non-hydrogen) atoms. The fraction of sp³-hybridized carbons (Fsp3) is 0.667. The molecule has 0 saturated carbocycles. The number of hydrogen-bond donors (Lipinski definition) is 1. The van der Waals surface area contributed by atoms with Crippen LogP contribution in [0.5, 0.6) is 0 Å². The Labute approximate surface area is 120 Å². The molecule has 1 aromatic rings. The predicted molar refractivity (Wildman–Crippen MR) is 76.2 cm³/mol. The van der Waals surface area contributed by atoms with E-state index >= 15 is 0 Å². The van der Waals surface area contributed by atoms with Gasteiger partial charge in [0.05, 0.1) is 13.1 Å². The van der Waals surface area contributed by atoms with Crippen molar-refractivity contribution in [2.24, 2.45) is 5.92 Å². The van der Waals surface area contributed by atoms with Gasteiger partial charge in [-0.3, -0.25) is 9.69 Å². The molecule has 1 saturated heterocycles. The Bertz CT molecular complexity index is 444. The number of piperidine rings is 1. The van der Waals surface area contributed by atoms with Crippen LogP contribution in [-0.2, 0) is 11.3 Å². The zero-order valence-corrected chi connectivity index (χ0v) is 12.3.